The summed E-state index contributed by atoms with van der Waals surface area (Å²) in [5.41, 5.74) is 4.27. The molecule has 1 amide bonds. The zero-order valence-electron chi connectivity index (χ0n) is 17.9. The lowest BCUT2D eigenvalue weighted by molar-refractivity contribution is -0.113. The van der Waals surface area contributed by atoms with E-state index in [1.807, 2.05) is 35.6 Å². The predicted octanol–water partition coefficient (Wildman–Crippen LogP) is 5.07. The minimum Gasteiger partial charge on any atom is -0.325 e. The van der Waals surface area contributed by atoms with Crippen LogP contribution in [0.3, 0.4) is 0 Å². The van der Waals surface area contributed by atoms with Crippen molar-refractivity contribution in [1.82, 2.24) is 19.6 Å². The highest BCUT2D eigenvalue weighted by molar-refractivity contribution is 7.99. The summed E-state index contributed by atoms with van der Waals surface area (Å²) in [6, 6.07) is 7.92. The molecule has 1 atom stereocenters. The minimum absolute atomic E-state index is 0.0451. The van der Waals surface area contributed by atoms with E-state index >= 15 is 0 Å². The van der Waals surface area contributed by atoms with E-state index in [-0.39, 0.29) is 11.7 Å². The lowest BCUT2D eigenvalue weighted by atomic mass is 9.89. The molecule has 3 aromatic heterocycles. The highest BCUT2D eigenvalue weighted by Gasteiger charge is 2.25. The van der Waals surface area contributed by atoms with Gasteiger partial charge >= 0.3 is 0 Å². The van der Waals surface area contributed by atoms with E-state index in [2.05, 4.69) is 29.4 Å². The van der Waals surface area contributed by atoms with Crippen molar-refractivity contribution in [3.63, 3.8) is 0 Å². The first kappa shape index (κ1) is 20.5. The monoisotopic (exact) mass is 451 g/mol. The number of nitrogens with one attached hydrogen (secondary N) is 1. The van der Waals surface area contributed by atoms with Crippen molar-refractivity contribution in [3.8, 4) is 0 Å². The van der Waals surface area contributed by atoms with Crippen LogP contribution in [0.25, 0.3) is 15.9 Å². The molecule has 8 heteroatoms. The Labute approximate surface area is 189 Å². The van der Waals surface area contributed by atoms with Crippen LogP contribution in [0, 0.1) is 12.8 Å². The second-order valence-corrected chi connectivity index (χ2v) is 10.2. The summed E-state index contributed by atoms with van der Waals surface area (Å²) in [5.74, 6) is 1.81. The molecule has 0 aliphatic heterocycles. The lowest BCUT2D eigenvalue weighted by Crippen LogP contribution is -2.15. The molecule has 1 aliphatic carbocycles. The van der Waals surface area contributed by atoms with E-state index < -0.39 is 0 Å². The Morgan fingerprint density at radius 1 is 1.32 bits per heavy atom. The Hall–Kier alpha value is -2.45. The van der Waals surface area contributed by atoms with E-state index in [4.69, 9.17) is 4.98 Å². The largest absolute Gasteiger partial charge is 0.325 e. The van der Waals surface area contributed by atoms with Gasteiger partial charge in [-0.25, -0.2) is 4.98 Å². The first-order chi connectivity index (χ1) is 15.0. The van der Waals surface area contributed by atoms with E-state index in [1.54, 1.807) is 11.3 Å². The van der Waals surface area contributed by atoms with Gasteiger partial charge in [-0.3, -0.25) is 9.20 Å². The van der Waals surface area contributed by atoms with Gasteiger partial charge in [0, 0.05) is 10.6 Å². The van der Waals surface area contributed by atoms with Crippen LogP contribution in [-0.4, -0.2) is 31.2 Å². The third-order valence-electron chi connectivity index (χ3n) is 5.94. The van der Waals surface area contributed by atoms with Gasteiger partial charge in [0.1, 0.15) is 10.7 Å². The molecule has 0 saturated carbocycles. The summed E-state index contributed by atoms with van der Waals surface area (Å²) >= 11 is 3.20. The van der Waals surface area contributed by atoms with Gasteiger partial charge in [0.05, 0.1) is 11.1 Å². The maximum absolute atomic E-state index is 12.6. The number of nitrogens with zero attached hydrogens (tertiary/aromatic N) is 4. The van der Waals surface area contributed by atoms with Crippen LogP contribution in [-0.2, 0) is 24.1 Å². The van der Waals surface area contributed by atoms with Crippen LogP contribution in [0.1, 0.15) is 42.1 Å². The highest BCUT2D eigenvalue weighted by atomic mass is 32.2. The van der Waals surface area contributed by atoms with Gasteiger partial charge in [-0.05, 0) is 55.7 Å². The summed E-state index contributed by atoms with van der Waals surface area (Å²) in [4.78, 5) is 20.0. The molecule has 3 heterocycles. The molecule has 1 aliphatic rings. The molecule has 0 spiro atoms. The van der Waals surface area contributed by atoms with Crippen molar-refractivity contribution in [2.45, 2.75) is 51.6 Å². The number of hydrogen-bond donors (Lipinski definition) is 1. The summed E-state index contributed by atoms with van der Waals surface area (Å²) in [5, 5.41) is 13.8. The number of rotatable bonds is 5. The fraction of sp³-hybridized carbons (Fsp3) is 0.391. The van der Waals surface area contributed by atoms with E-state index in [0.29, 0.717) is 5.16 Å². The molecule has 160 valence electrons. The number of fused-ring (bicyclic) bond motifs is 5. The Kier molecular flexibility index (Phi) is 5.44. The van der Waals surface area contributed by atoms with Crippen LogP contribution >= 0.6 is 23.1 Å². The average Bonchev–Trinajstić information content (AvgIpc) is 3.33. The second-order valence-electron chi connectivity index (χ2n) is 8.18. The summed E-state index contributed by atoms with van der Waals surface area (Å²) in [6.07, 6.45) is 4.28. The van der Waals surface area contributed by atoms with Crippen molar-refractivity contribution in [1.29, 1.82) is 0 Å². The maximum atomic E-state index is 12.6. The third-order valence-corrected chi connectivity index (χ3v) is 8.02. The number of thiophene rings is 1. The average molecular weight is 452 g/mol. The molecule has 0 fully saturated rings. The highest BCUT2D eigenvalue weighted by Crippen LogP contribution is 2.39. The molecule has 6 nitrogen and oxygen atoms in total. The SMILES string of the molecule is CCc1ccccc1NC(=O)CSc1nnc2c3c4c(sc3nc(C)n12)CC(C)CC4. The fourth-order valence-corrected chi connectivity index (χ4v) is 6.53. The number of carbonyl (C=O) groups is 1. The molecule has 0 bridgehead atoms. The smallest absolute Gasteiger partial charge is 0.234 e. The van der Waals surface area contributed by atoms with E-state index in [1.165, 1.54) is 28.6 Å². The first-order valence-electron chi connectivity index (χ1n) is 10.7. The molecule has 1 aromatic carbocycles. The molecular formula is C23H25N5OS2. The molecule has 1 unspecified atom stereocenters. The molecule has 1 N–H and O–H groups in total. The number of carbonyl (C=O) groups excluding carboxylic acids is 1. The normalized spacial score (nSPS) is 16.0. The van der Waals surface area contributed by atoms with Crippen LogP contribution in [0.4, 0.5) is 5.69 Å². The molecular weight excluding hydrogens is 426 g/mol. The molecule has 31 heavy (non-hydrogen) atoms. The molecule has 0 radical (unpaired) electrons. The second kappa shape index (κ2) is 8.24. The van der Waals surface area contributed by atoms with Gasteiger partial charge in [-0.2, -0.15) is 0 Å². The van der Waals surface area contributed by atoms with Crippen molar-refractivity contribution >= 4 is 50.6 Å². The zero-order chi connectivity index (χ0) is 21.5. The van der Waals surface area contributed by atoms with Crippen LogP contribution in [0.2, 0.25) is 0 Å². The first-order valence-corrected chi connectivity index (χ1v) is 12.5. The van der Waals surface area contributed by atoms with Crippen LogP contribution < -0.4 is 5.32 Å². The zero-order valence-corrected chi connectivity index (χ0v) is 19.6. The Bertz CT molecular complexity index is 1290. The topological polar surface area (TPSA) is 72.2 Å². The van der Waals surface area contributed by atoms with Crippen molar-refractivity contribution < 1.29 is 4.79 Å². The summed E-state index contributed by atoms with van der Waals surface area (Å²) in [6.45, 7) is 6.39. The number of amides is 1. The van der Waals surface area contributed by atoms with Gasteiger partial charge < -0.3 is 5.32 Å². The molecule has 0 saturated heterocycles. The van der Waals surface area contributed by atoms with Crippen molar-refractivity contribution in [2.75, 3.05) is 11.1 Å². The standard InChI is InChI=1S/C23H25N5OS2/c1-4-15-7-5-6-8-17(15)25-19(29)12-30-23-27-26-21-20-16-10-9-13(2)11-18(16)31-22(20)24-14(3)28(21)23/h5-8,13H,4,9-12H2,1-3H3,(H,25,29). The Balaban J connectivity index is 1.42. The number of thioether (sulfide) groups is 1. The predicted molar refractivity (Wildman–Crippen MR) is 127 cm³/mol. The van der Waals surface area contributed by atoms with Gasteiger partial charge in [-0.15, -0.1) is 21.5 Å². The minimum atomic E-state index is -0.0451. The summed E-state index contributed by atoms with van der Waals surface area (Å²) in [7, 11) is 0. The Morgan fingerprint density at radius 3 is 3.00 bits per heavy atom. The van der Waals surface area contributed by atoms with Crippen molar-refractivity contribution in [3.05, 3.63) is 46.1 Å². The third kappa shape index (κ3) is 3.72. The molecule has 4 aromatic rings. The van der Waals surface area contributed by atoms with Gasteiger partial charge in [-0.1, -0.05) is 43.8 Å². The van der Waals surface area contributed by atoms with Gasteiger partial charge in [0.2, 0.25) is 5.91 Å². The number of hydrogen-bond acceptors (Lipinski definition) is 6. The quantitative estimate of drug-likeness (QED) is 0.429. The lowest BCUT2D eigenvalue weighted by Gasteiger charge is -2.17. The van der Waals surface area contributed by atoms with E-state index in [0.717, 1.165) is 58.1 Å². The van der Waals surface area contributed by atoms with E-state index in [9.17, 15) is 4.79 Å². The number of benzene rings is 1. The maximum Gasteiger partial charge on any atom is 0.234 e. The fourth-order valence-electron chi connectivity index (χ4n) is 4.33. The van der Waals surface area contributed by atoms with Crippen molar-refractivity contribution in [2.24, 2.45) is 5.92 Å². The molecule has 5 rings (SSSR count). The number of aromatic nitrogens is 4. The Morgan fingerprint density at radius 2 is 2.16 bits per heavy atom. The number of anilines is 1. The van der Waals surface area contributed by atoms with Crippen LogP contribution in [0.5, 0.6) is 0 Å². The van der Waals surface area contributed by atoms with Gasteiger partial charge in [0.25, 0.3) is 0 Å². The van der Waals surface area contributed by atoms with Crippen LogP contribution in [0.15, 0.2) is 29.4 Å². The van der Waals surface area contributed by atoms with Gasteiger partial charge in [0.15, 0.2) is 10.8 Å². The number of para-hydroxylation sites is 1. The number of aryl methyl sites for hydroxylation is 3. The summed E-state index contributed by atoms with van der Waals surface area (Å²) < 4.78 is 2.01.